The summed E-state index contributed by atoms with van der Waals surface area (Å²) in [7, 11) is -3.43. The standard InChI is InChI=1S/C27H19F4N5O3S/c1-40(38,39)22-7-2-4-15(10-22)17-11-23-24(35-36-25(23)32-14-17)16-8-19(28)13-21(9-16)34-26(37)33-20-6-3-5-18(12-20)27(29,30)31/h2-14H,1H3,(H,32,35,36)(H2,33,34,37). The van der Waals surface area contributed by atoms with Crippen molar-refractivity contribution in [1.29, 1.82) is 0 Å². The van der Waals surface area contributed by atoms with Crippen LogP contribution >= 0.6 is 0 Å². The molecule has 2 aromatic heterocycles. The topological polar surface area (TPSA) is 117 Å². The number of aromatic nitrogens is 3. The minimum Gasteiger partial charge on any atom is -0.308 e. The lowest BCUT2D eigenvalue weighted by atomic mass is 10.0. The highest BCUT2D eigenvalue weighted by atomic mass is 32.2. The maximum atomic E-state index is 14.6. The number of rotatable bonds is 5. The van der Waals surface area contributed by atoms with Gasteiger partial charge in [-0.2, -0.15) is 18.3 Å². The summed E-state index contributed by atoms with van der Waals surface area (Å²) in [5.41, 5.74) is 1.17. The molecule has 0 bridgehead atoms. The van der Waals surface area contributed by atoms with Crippen LogP contribution in [0.25, 0.3) is 33.4 Å². The smallest absolute Gasteiger partial charge is 0.308 e. The summed E-state index contributed by atoms with van der Waals surface area (Å²) in [6.45, 7) is 0. The summed E-state index contributed by atoms with van der Waals surface area (Å²) >= 11 is 0. The van der Waals surface area contributed by atoms with E-state index in [9.17, 15) is 30.8 Å². The molecule has 0 saturated heterocycles. The largest absolute Gasteiger partial charge is 0.416 e. The first-order valence-corrected chi connectivity index (χ1v) is 13.5. The molecule has 3 N–H and O–H groups in total. The van der Waals surface area contributed by atoms with E-state index in [1.807, 2.05) is 0 Å². The predicted molar refractivity (Wildman–Crippen MR) is 142 cm³/mol. The monoisotopic (exact) mass is 569 g/mol. The molecule has 13 heteroatoms. The lowest BCUT2D eigenvalue weighted by Crippen LogP contribution is -2.20. The second-order valence-corrected chi connectivity index (χ2v) is 10.9. The number of carbonyl (C=O) groups is 1. The van der Waals surface area contributed by atoms with E-state index in [4.69, 9.17) is 0 Å². The fraction of sp³-hybridized carbons (Fsp3) is 0.0741. The second kappa shape index (κ2) is 10.1. The minimum absolute atomic E-state index is 0.0283. The third-order valence-electron chi connectivity index (χ3n) is 5.89. The Bertz CT molecular complexity index is 1870. The van der Waals surface area contributed by atoms with E-state index in [1.54, 1.807) is 24.4 Å². The molecule has 0 aliphatic carbocycles. The molecule has 3 aromatic carbocycles. The van der Waals surface area contributed by atoms with Crippen LogP contribution in [0, 0.1) is 5.82 Å². The molecule has 2 amide bonds. The van der Waals surface area contributed by atoms with E-state index in [0.717, 1.165) is 30.5 Å². The highest BCUT2D eigenvalue weighted by Crippen LogP contribution is 2.33. The number of alkyl halides is 3. The molecule has 0 fully saturated rings. The van der Waals surface area contributed by atoms with Gasteiger partial charge in [0, 0.05) is 40.3 Å². The summed E-state index contributed by atoms with van der Waals surface area (Å²) in [5.74, 6) is -0.701. The van der Waals surface area contributed by atoms with Crippen LogP contribution in [-0.2, 0) is 16.0 Å². The van der Waals surface area contributed by atoms with Crippen molar-refractivity contribution in [2.45, 2.75) is 11.1 Å². The van der Waals surface area contributed by atoms with E-state index in [-0.39, 0.29) is 21.8 Å². The third kappa shape index (κ3) is 5.78. The van der Waals surface area contributed by atoms with Crippen molar-refractivity contribution in [2.75, 3.05) is 16.9 Å². The number of nitrogens with one attached hydrogen (secondary N) is 3. The van der Waals surface area contributed by atoms with Crippen molar-refractivity contribution >= 4 is 38.3 Å². The van der Waals surface area contributed by atoms with Crippen LogP contribution < -0.4 is 10.6 Å². The number of carbonyl (C=O) groups excluding carboxylic acids is 1. The van der Waals surface area contributed by atoms with Gasteiger partial charge in [-0.25, -0.2) is 22.6 Å². The number of aromatic amines is 1. The number of fused-ring (bicyclic) bond motifs is 1. The average molecular weight is 570 g/mol. The number of hydrogen-bond acceptors (Lipinski definition) is 5. The molecule has 0 unspecified atom stereocenters. The molecule has 5 aromatic rings. The summed E-state index contributed by atoms with van der Waals surface area (Å²) in [5, 5.41) is 12.2. The summed E-state index contributed by atoms with van der Waals surface area (Å²) in [6, 6.07) is 15.0. The van der Waals surface area contributed by atoms with Gasteiger partial charge in [-0.1, -0.05) is 18.2 Å². The van der Waals surface area contributed by atoms with Gasteiger partial charge in [-0.3, -0.25) is 5.10 Å². The summed E-state index contributed by atoms with van der Waals surface area (Å²) in [4.78, 5) is 16.9. The Labute approximate surface area is 225 Å². The number of nitrogens with zero attached hydrogens (tertiary/aromatic N) is 2. The van der Waals surface area contributed by atoms with Gasteiger partial charge in [-0.05, 0) is 60.2 Å². The first-order valence-electron chi connectivity index (χ1n) is 11.6. The van der Waals surface area contributed by atoms with Crippen LogP contribution in [-0.4, -0.2) is 35.9 Å². The van der Waals surface area contributed by atoms with Crippen LogP contribution in [0.3, 0.4) is 0 Å². The Morgan fingerprint density at radius 1 is 0.875 bits per heavy atom. The molecule has 0 spiro atoms. The average Bonchev–Trinajstić information content (AvgIpc) is 3.31. The predicted octanol–water partition coefficient (Wildman–Crippen LogP) is 6.50. The SMILES string of the molecule is CS(=O)(=O)c1cccc(-c2cnc3[nH]nc(-c4cc(F)cc(NC(=O)Nc5cccc(C(F)(F)F)c5)c4)c3c2)c1. The molecule has 0 atom stereocenters. The number of hydrogen-bond donors (Lipinski definition) is 3. The van der Waals surface area contributed by atoms with Crippen LogP contribution in [0.5, 0.6) is 0 Å². The zero-order chi connectivity index (χ0) is 28.7. The van der Waals surface area contributed by atoms with Gasteiger partial charge in [-0.15, -0.1) is 0 Å². The lowest BCUT2D eigenvalue weighted by Gasteiger charge is -2.11. The first-order chi connectivity index (χ1) is 18.9. The molecule has 204 valence electrons. The normalized spacial score (nSPS) is 11.9. The maximum Gasteiger partial charge on any atom is 0.416 e. The summed E-state index contributed by atoms with van der Waals surface area (Å²) in [6.07, 6.45) is -1.93. The highest BCUT2D eigenvalue weighted by molar-refractivity contribution is 7.90. The Balaban J connectivity index is 1.44. The molecular weight excluding hydrogens is 550 g/mol. The highest BCUT2D eigenvalue weighted by Gasteiger charge is 2.30. The quantitative estimate of drug-likeness (QED) is 0.209. The minimum atomic E-state index is -4.58. The van der Waals surface area contributed by atoms with E-state index < -0.39 is 33.4 Å². The zero-order valence-corrected chi connectivity index (χ0v) is 21.4. The molecule has 8 nitrogen and oxygen atoms in total. The van der Waals surface area contributed by atoms with Crippen LogP contribution in [0.2, 0.25) is 0 Å². The molecule has 0 aliphatic rings. The Hall–Kier alpha value is -4.78. The van der Waals surface area contributed by atoms with E-state index in [0.29, 0.717) is 27.9 Å². The Morgan fingerprint density at radius 3 is 2.38 bits per heavy atom. The molecule has 0 aliphatic heterocycles. The molecule has 2 heterocycles. The van der Waals surface area contributed by atoms with Crippen molar-refractivity contribution < 1.29 is 30.8 Å². The molecule has 0 saturated carbocycles. The number of pyridine rings is 1. The van der Waals surface area contributed by atoms with Gasteiger partial charge in [0.2, 0.25) is 0 Å². The fourth-order valence-electron chi connectivity index (χ4n) is 4.05. The van der Waals surface area contributed by atoms with Crippen molar-refractivity contribution in [1.82, 2.24) is 15.2 Å². The Kier molecular flexibility index (Phi) is 6.75. The van der Waals surface area contributed by atoms with Gasteiger partial charge < -0.3 is 10.6 Å². The van der Waals surface area contributed by atoms with Crippen molar-refractivity contribution in [3.05, 3.63) is 90.4 Å². The fourth-order valence-corrected chi connectivity index (χ4v) is 4.72. The number of halogens is 4. The van der Waals surface area contributed by atoms with Gasteiger partial charge in [0.1, 0.15) is 11.5 Å². The maximum absolute atomic E-state index is 14.6. The second-order valence-electron chi connectivity index (χ2n) is 8.88. The lowest BCUT2D eigenvalue weighted by molar-refractivity contribution is -0.137. The number of urea groups is 1. The van der Waals surface area contributed by atoms with Crippen LogP contribution in [0.4, 0.5) is 33.7 Å². The van der Waals surface area contributed by atoms with E-state index in [2.05, 4.69) is 25.8 Å². The summed E-state index contributed by atoms with van der Waals surface area (Å²) < 4.78 is 77.4. The number of amides is 2. The van der Waals surface area contributed by atoms with Crippen LogP contribution in [0.1, 0.15) is 5.56 Å². The van der Waals surface area contributed by atoms with Crippen LogP contribution in [0.15, 0.2) is 83.9 Å². The van der Waals surface area contributed by atoms with Gasteiger partial charge >= 0.3 is 12.2 Å². The van der Waals surface area contributed by atoms with Gasteiger partial charge in [0.15, 0.2) is 15.5 Å². The third-order valence-corrected chi connectivity index (χ3v) is 7.00. The molecular formula is C27H19F4N5O3S. The van der Waals surface area contributed by atoms with E-state index in [1.165, 1.54) is 30.3 Å². The first kappa shape index (κ1) is 26.8. The zero-order valence-electron chi connectivity index (χ0n) is 20.5. The number of benzene rings is 3. The van der Waals surface area contributed by atoms with Gasteiger partial charge in [0.05, 0.1) is 10.5 Å². The van der Waals surface area contributed by atoms with Crippen molar-refractivity contribution in [2.24, 2.45) is 0 Å². The Morgan fingerprint density at radius 2 is 1.62 bits per heavy atom. The number of sulfone groups is 1. The molecule has 0 radical (unpaired) electrons. The van der Waals surface area contributed by atoms with Crippen molar-refractivity contribution in [3.8, 4) is 22.4 Å². The van der Waals surface area contributed by atoms with E-state index >= 15 is 0 Å². The number of H-pyrrole nitrogens is 1. The van der Waals surface area contributed by atoms with Crippen molar-refractivity contribution in [3.63, 3.8) is 0 Å². The number of anilines is 2. The molecule has 40 heavy (non-hydrogen) atoms. The molecule has 5 rings (SSSR count). The van der Waals surface area contributed by atoms with Gasteiger partial charge in [0.25, 0.3) is 0 Å².